The van der Waals surface area contributed by atoms with Crippen LogP contribution in [0.5, 0.6) is 5.75 Å². The smallest absolute Gasteiger partial charge is 0.343 e. The number of hydrogen-bond acceptors (Lipinski definition) is 8. The van der Waals surface area contributed by atoms with E-state index in [1.54, 1.807) is 31.2 Å². The van der Waals surface area contributed by atoms with E-state index in [0.29, 0.717) is 23.1 Å². The third kappa shape index (κ3) is 11.3. The van der Waals surface area contributed by atoms with Crippen molar-refractivity contribution in [2.45, 2.75) is 12.8 Å². The summed E-state index contributed by atoms with van der Waals surface area (Å²) in [5.41, 5.74) is 6.70. The summed E-state index contributed by atoms with van der Waals surface area (Å²) in [7, 11) is -3.67. The van der Waals surface area contributed by atoms with E-state index in [1.807, 2.05) is 0 Å². The van der Waals surface area contributed by atoms with Crippen molar-refractivity contribution in [2.24, 2.45) is 5.73 Å². The van der Waals surface area contributed by atoms with Crippen molar-refractivity contribution < 1.29 is 41.9 Å². The van der Waals surface area contributed by atoms with Gasteiger partial charge in [0.25, 0.3) is 10.1 Å². The topological polar surface area (TPSA) is 206 Å². The first-order valence-corrected chi connectivity index (χ1v) is 10.9. The summed E-state index contributed by atoms with van der Waals surface area (Å²) in [5, 5.41) is 18.3. The average molecular weight is 481 g/mol. The number of carbonyl (C=O) groups excluding carboxylic acids is 2. The first-order chi connectivity index (χ1) is 15.3. The second kappa shape index (κ2) is 12.2. The maximum atomic E-state index is 12.2. The van der Waals surface area contributed by atoms with Gasteiger partial charge in [0.15, 0.2) is 12.6 Å². The first kappa shape index (κ1) is 27.1. The van der Waals surface area contributed by atoms with Crippen molar-refractivity contribution in [1.82, 2.24) is 0 Å². The van der Waals surface area contributed by atoms with Gasteiger partial charge in [-0.1, -0.05) is 12.1 Å². The zero-order valence-corrected chi connectivity index (χ0v) is 18.5. The van der Waals surface area contributed by atoms with Gasteiger partial charge in [0.2, 0.25) is 0 Å². The number of nitrogens with one attached hydrogen (secondary N) is 2. The predicted octanol–water partition coefficient (Wildman–Crippen LogP) is 1.45. The second-order valence-electron chi connectivity index (χ2n) is 6.53. The molecule has 178 valence electrons. The molecule has 2 aromatic carbocycles. The largest absolute Gasteiger partial charge is 0.479 e. The molecule has 1 atom stereocenters. The van der Waals surface area contributed by atoms with E-state index in [9.17, 15) is 22.8 Å². The third-order valence-electron chi connectivity index (χ3n) is 3.68. The van der Waals surface area contributed by atoms with Crippen molar-refractivity contribution in [3.8, 4) is 5.75 Å². The minimum atomic E-state index is -3.67. The highest BCUT2D eigenvalue weighted by atomic mass is 32.2. The Labute approximate surface area is 189 Å². The van der Waals surface area contributed by atoms with Gasteiger partial charge in [0.05, 0.1) is 17.7 Å². The maximum Gasteiger partial charge on any atom is 0.343 e. The van der Waals surface area contributed by atoms with Crippen LogP contribution in [0.1, 0.15) is 28.8 Å². The highest BCUT2D eigenvalue weighted by Gasteiger charge is 2.18. The lowest BCUT2D eigenvalue weighted by molar-refractivity contribution is -0.155. The van der Waals surface area contributed by atoms with Gasteiger partial charge in [0, 0.05) is 5.69 Å². The number of esters is 2. The van der Waals surface area contributed by atoms with Crippen LogP contribution in [0.2, 0.25) is 0 Å². The molecule has 33 heavy (non-hydrogen) atoms. The first-order valence-electron chi connectivity index (χ1n) is 9.10. The number of carboxylic acids is 1. The summed E-state index contributed by atoms with van der Waals surface area (Å²) in [6, 6.07) is 12.5. The number of aliphatic carboxylic acids is 1. The molecule has 13 heteroatoms. The Morgan fingerprint density at radius 2 is 1.61 bits per heavy atom. The van der Waals surface area contributed by atoms with Gasteiger partial charge in [-0.25, -0.2) is 9.59 Å². The van der Waals surface area contributed by atoms with E-state index in [-0.39, 0.29) is 11.7 Å². The molecule has 0 fully saturated rings. The molecule has 0 aromatic heterocycles. The second-order valence-corrected chi connectivity index (χ2v) is 8.00. The lowest BCUT2D eigenvalue weighted by Crippen LogP contribution is -2.20. The van der Waals surface area contributed by atoms with Gasteiger partial charge in [-0.2, -0.15) is 8.42 Å². The molecule has 0 bridgehead atoms. The monoisotopic (exact) mass is 481 g/mol. The number of guanidine groups is 1. The fourth-order valence-electron chi connectivity index (χ4n) is 2.23. The summed E-state index contributed by atoms with van der Waals surface area (Å²) in [6.45, 7) is 0.890. The van der Waals surface area contributed by atoms with Crippen LogP contribution in [0, 0.1) is 5.41 Å². The van der Waals surface area contributed by atoms with Crippen LogP contribution in [-0.4, -0.2) is 54.8 Å². The molecular weight excluding hydrogens is 458 g/mol. The number of anilines is 1. The summed E-state index contributed by atoms with van der Waals surface area (Å²) in [5.74, 6) is -3.05. The number of carboxylic acid groups (broad SMARTS) is 1. The molecule has 2 rings (SSSR count). The molecule has 0 radical (unpaired) electrons. The summed E-state index contributed by atoms with van der Waals surface area (Å²) in [4.78, 5) is 34.4. The lowest BCUT2D eigenvalue weighted by Gasteiger charge is -2.11. The Morgan fingerprint density at radius 1 is 1.09 bits per heavy atom. The van der Waals surface area contributed by atoms with Crippen LogP contribution in [-0.2, 0) is 24.4 Å². The van der Waals surface area contributed by atoms with Gasteiger partial charge >= 0.3 is 17.9 Å². The average Bonchev–Trinajstić information content (AvgIpc) is 2.71. The Kier molecular flexibility index (Phi) is 9.98. The van der Waals surface area contributed by atoms with E-state index >= 15 is 0 Å². The molecule has 0 aliphatic heterocycles. The molecule has 6 N–H and O–H groups in total. The molecule has 0 aliphatic carbocycles. The predicted molar refractivity (Wildman–Crippen MR) is 118 cm³/mol. The number of carbonyl (C=O) groups is 3. The summed E-state index contributed by atoms with van der Waals surface area (Å²) in [6.07, 6.45) is 0.715. The van der Waals surface area contributed by atoms with E-state index in [2.05, 4.69) is 10.1 Å². The molecule has 12 nitrogen and oxygen atoms in total. The van der Waals surface area contributed by atoms with Gasteiger partial charge in [-0.05, 0) is 48.9 Å². The fourth-order valence-corrected chi connectivity index (χ4v) is 2.23. The SMILES string of the molecule is CS(=O)(=O)O.C[C@H](C(=O)OCC(=O)O)c1ccc(OC(=O)c2ccc(NC(=N)N)cc2)cc1. The zero-order chi connectivity index (χ0) is 25.2. The number of hydrogen-bond donors (Lipinski definition) is 5. The number of nitrogens with two attached hydrogens (primary N) is 1. The van der Waals surface area contributed by atoms with Crippen molar-refractivity contribution in [3.63, 3.8) is 0 Å². The molecule has 0 aliphatic rings. The molecule has 0 saturated carbocycles. The lowest BCUT2D eigenvalue weighted by atomic mass is 10.0. The van der Waals surface area contributed by atoms with Gasteiger partial charge in [-0.15, -0.1) is 0 Å². The normalized spacial score (nSPS) is 11.2. The number of ether oxygens (including phenoxy) is 2. The van der Waals surface area contributed by atoms with Crippen molar-refractivity contribution in [1.29, 1.82) is 5.41 Å². The molecule has 0 amide bonds. The molecular formula is C20H23N3O9S. The molecule has 2 aromatic rings. The van der Waals surface area contributed by atoms with Crippen LogP contribution >= 0.6 is 0 Å². The zero-order valence-electron chi connectivity index (χ0n) is 17.6. The minimum Gasteiger partial charge on any atom is -0.479 e. The highest BCUT2D eigenvalue weighted by Crippen LogP contribution is 2.21. The van der Waals surface area contributed by atoms with Crippen molar-refractivity contribution in [3.05, 3.63) is 59.7 Å². The molecule has 0 saturated heterocycles. The Balaban J connectivity index is 0.000000981. The van der Waals surface area contributed by atoms with E-state index < -0.39 is 40.6 Å². The Morgan fingerprint density at radius 3 is 2.06 bits per heavy atom. The van der Waals surface area contributed by atoms with Crippen LogP contribution in [0.25, 0.3) is 0 Å². The van der Waals surface area contributed by atoms with Crippen molar-refractivity contribution in [2.75, 3.05) is 18.2 Å². The molecule has 0 spiro atoms. The highest BCUT2D eigenvalue weighted by molar-refractivity contribution is 7.85. The Bertz CT molecular complexity index is 1090. The van der Waals surface area contributed by atoms with Gasteiger partial charge in [0.1, 0.15) is 5.75 Å². The quantitative estimate of drug-likeness (QED) is 0.126. The maximum absolute atomic E-state index is 12.2. The van der Waals surface area contributed by atoms with Crippen LogP contribution in [0.3, 0.4) is 0 Å². The van der Waals surface area contributed by atoms with Crippen LogP contribution in [0.15, 0.2) is 48.5 Å². The van der Waals surface area contributed by atoms with Crippen molar-refractivity contribution >= 4 is 39.7 Å². The van der Waals surface area contributed by atoms with E-state index in [1.165, 1.54) is 24.3 Å². The van der Waals surface area contributed by atoms with Crippen LogP contribution < -0.4 is 15.8 Å². The Hall–Kier alpha value is -3.97. The summed E-state index contributed by atoms with van der Waals surface area (Å²) < 4.78 is 35.8. The van der Waals surface area contributed by atoms with Gasteiger partial charge in [-0.3, -0.25) is 14.8 Å². The van der Waals surface area contributed by atoms with Crippen LogP contribution in [0.4, 0.5) is 5.69 Å². The third-order valence-corrected chi connectivity index (χ3v) is 3.68. The molecule has 0 unspecified atom stereocenters. The standard InChI is InChI=1S/C19H19N3O6.CH4O3S/c1-11(17(25)27-10-16(23)24)12-4-8-15(9-5-12)28-18(26)13-2-6-14(7-3-13)22-19(20)21;1-5(2,3)4/h2-9,11H,10H2,1H3,(H,23,24)(H4,20,21,22);1H3,(H,2,3,4)/t11-;/m0./s1. The van der Waals surface area contributed by atoms with Gasteiger partial charge < -0.3 is 25.6 Å². The number of benzene rings is 2. The van der Waals surface area contributed by atoms with E-state index in [0.717, 1.165) is 0 Å². The van der Waals surface area contributed by atoms with E-state index in [4.69, 9.17) is 25.5 Å². The minimum absolute atomic E-state index is 0.212. The molecule has 0 heterocycles. The summed E-state index contributed by atoms with van der Waals surface area (Å²) >= 11 is 0. The number of rotatable bonds is 7. The fraction of sp³-hybridized carbons (Fsp3) is 0.200.